The molecule has 5 heteroatoms. The van der Waals surface area contributed by atoms with Crippen molar-refractivity contribution in [2.24, 2.45) is 5.10 Å². The number of aryl methyl sites for hydroxylation is 1. The average Bonchev–Trinajstić information content (AvgIpc) is 2.62. The zero-order chi connectivity index (χ0) is 14.4. The molecule has 0 saturated carbocycles. The van der Waals surface area contributed by atoms with Crippen LogP contribution in [-0.4, -0.2) is 22.4 Å². The highest BCUT2D eigenvalue weighted by molar-refractivity contribution is 7.80. The molecule has 1 aromatic heterocycles. The third-order valence-electron chi connectivity index (χ3n) is 2.95. The number of nitrogens with zero attached hydrogens (tertiary/aromatic N) is 2. The second-order valence-electron chi connectivity index (χ2n) is 4.92. The number of hydrogen-bond acceptors (Lipinski definition) is 2. The Morgan fingerprint density at radius 2 is 2.16 bits per heavy atom. The van der Waals surface area contributed by atoms with Crippen molar-refractivity contribution in [1.29, 1.82) is 0 Å². The van der Waals surface area contributed by atoms with E-state index in [4.69, 9.17) is 12.2 Å². The van der Waals surface area contributed by atoms with Gasteiger partial charge < -0.3 is 9.88 Å². The van der Waals surface area contributed by atoms with Crippen LogP contribution in [0.2, 0.25) is 0 Å². The van der Waals surface area contributed by atoms with Gasteiger partial charge in [-0.05, 0) is 52.4 Å². The standard InChI is InChI=1S/C14H24N4S/c1-6-7-15-14(19)17-16-9-13-8-11(4)18(10(2)3)12(13)5/h8-10H,6-7H2,1-5H3,(H2,15,17,19)/b16-9-. The molecule has 0 fully saturated rings. The molecule has 106 valence electrons. The number of aromatic nitrogens is 1. The Hall–Kier alpha value is -1.36. The highest BCUT2D eigenvalue weighted by Crippen LogP contribution is 2.18. The third-order valence-corrected chi connectivity index (χ3v) is 3.18. The largest absolute Gasteiger partial charge is 0.361 e. The molecule has 0 radical (unpaired) electrons. The molecule has 0 aliphatic carbocycles. The summed E-state index contributed by atoms with van der Waals surface area (Å²) in [6.07, 6.45) is 2.86. The fourth-order valence-corrected chi connectivity index (χ4v) is 2.32. The van der Waals surface area contributed by atoms with Gasteiger partial charge in [-0.15, -0.1) is 0 Å². The fourth-order valence-electron chi connectivity index (χ4n) is 2.17. The zero-order valence-corrected chi connectivity index (χ0v) is 13.3. The van der Waals surface area contributed by atoms with Crippen LogP contribution in [0.15, 0.2) is 11.2 Å². The molecule has 0 unspecified atom stereocenters. The maximum absolute atomic E-state index is 5.10. The van der Waals surface area contributed by atoms with E-state index in [1.54, 1.807) is 0 Å². The molecular weight excluding hydrogens is 256 g/mol. The number of thiocarbonyl (C=S) groups is 1. The van der Waals surface area contributed by atoms with Gasteiger partial charge in [0.2, 0.25) is 0 Å². The lowest BCUT2D eigenvalue weighted by atomic mass is 10.2. The van der Waals surface area contributed by atoms with Crippen LogP contribution in [0.1, 0.15) is 50.2 Å². The monoisotopic (exact) mass is 280 g/mol. The van der Waals surface area contributed by atoms with Crippen molar-refractivity contribution >= 4 is 23.5 Å². The van der Waals surface area contributed by atoms with E-state index in [1.807, 2.05) is 6.21 Å². The summed E-state index contributed by atoms with van der Waals surface area (Å²) in [5, 5.41) is 7.81. The van der Waals surface area contributed by atoms with Crippen molar-refractivity contribution in [3.63, 3.8) is 0 Å². The fraction of sp³-hybridized carbons (Fsp3) is 0.571. The Morgan fingerprint density at radius 3 is 2.68 bits per heavy atom. The lowest BCUT2D eigenvalue weighted by Gasteiger charge is -2.13. The van der Waals surface area contributed by atoms with E-state index in [0.29, 0.717) is 11.2 Å². The molecule has 0 aliphatic rings. The predicted molar refractivity (Wildman–Crippen MR) is 85.9 cm³/mol. The second kappa shape index (κ2) is 7.28. The van der Waals surface area contributed by atoms with Gasteiger partial charge in [-0.25, -0.2) is 0 Å². The van der Waals surface area contributed by atoms with Crippen molar-refractivity contribution in [2.45, 2.75) is 47.1 Å². The summed E-state index contributed by atoms with van der Waals surface area (Å²) < 4.78 is 2.30. The van der Waals surface area contributed by atoms with Gasteiger partial charge in [0.25, 0.3) is 0 Å². The van der Waals surface area contributed by atoms with Crippen LogP contribution >= 0.6 is 12.2 Å². The molecule has 0 atom stereocenters. The molecule has 2 N–H and O–H groups in total. The van der Waals surface area contributed by atoms with Crippen LogP contribution in [0, 0.1) is 13.8 Å². The van der Waals surface area contributed by atoms with Crippen molar-refractivity contribution in [3.8, 4) is 0 Å². The molecular formula is C14H24N4S. The minimum absolute atomic E-state index is 0.461. The van der Waals surface area contributed by atoms with Gasteiger partial charge in [0.05, 0.1) is 6.21 Å². The van der Waals surface area contributed by atoms with Crippen molar-refractivity contribution < 1.29 is 0 Å². The van der Waals surface area contributed by atoms with Crippen molar-refractivity contribution in [1.82, 2.24) is 15.3 Å². The topological polar surface area (TPSA) is 41.4 Å². The third kappa shape index (κ3) is 4.35. The van der Waals surface area contributed by atoms with Gasteiger partial charge in [0.1, 0.15) is 0 Å². The van der Waals surface area contributed by atoms with Crippen LogP contribution in [0.3, 0.4) is 0 Å². The quantitative estimate of drug-likeness (QED) is 0.495. The van der Waals surface area contributed by atoms with E-state index in [1.165, 1.54) is 11.4 Å². The molecule has 0 saturated heterocycles. The number of hydrogen-bond donors (Lipinski definition) is 2. The van der Waals surface area contributed by atoms with Crippen LogP contribution in [0.4, 0.5) is 0 Å². The van der Waals surface area contributed by atoms with Gasteiger partial charge in [-0.3, -0.25) is 5.43 Å². The van der Waals surface area contributed by atoms with E-state index in [9.17, 15) is 0 Å². The van der Waals surface area contributed by atoms with E-state index in [2.05, 4.69) is 61.1 Å². The predicted octanol–water partition coefficient (Wildman–Crippen LogP) is 2.89. The SMILES string of the molecule is CCCNC(=S)N/N=C\c1cc(C)n(C(C)C)c1C. The number of hydrazone groups is 1. The molecule has 1 heterocycles. The summed E-state index contributed by atoms with van der Waals surface area (Å²) >= 11 is 5.10. The Labute approximate surface area is 121 Å². The van der Waals surface area contributed by atoms with Crippen molar-refractivity contribution in [2.75, 3.05) is 6.54 Å². The first-order valence-electron chi connectivity index (χ1n) is 6.72. The number of rotatable bonds is 5. The molecule has 1 rings (SSSR count). The Kier molecular flexibility index (Phi) is 6.02. The molecule has 0 aliphatic heterocycles. The van der Waals surface area contributed by atoms with Gasteiger partial charge in [0, 0.05) is 29.5 Å². The van der Waals surface area contributed by atoms with Gasteiger partial charge in [0.15, 0.2) is 5.11 Å². The summed E-state index contributed by atoms with van der Waals surface area (Å²) in [5.41, 5.74) is 6.43. The minimum atomic E-state index is 0.461. The highest BCUT2D eigenvalue weighted by atomic mass is 32.1. The van der Waals surface area contributed by atoms with Gasteiger partial charge >= 0.3 is 0 Å². The van der Waals surface area contributed by atoms with E-state index < -0.39 is 0 Å². The zero-order valence-electron chi connectivity index (χ0n) is 12.4. The summed E-state index contributed by atoms with van der Waals surface area (Å²) in [4.78, 5) is 0. The van der Waals surface area contributed by atoms with E-state index in [0.717, 1.165) is 18.5 Å². The summed E-state index contributed by atoms with van der Waals surface area (Å²) in [6, 6.07) is 2.60. The summed E-state index contributed by atoms with van der Waals surface area (Å²) in [6.45, 7) is 11.6. The maximum Gasteiger partial charge on any atom is 0.186 e. The first kappa shape index (κ1) is 15.7. The number of nitrogens with one attached hydrogen (secondary N) is 2. The van der Waals surface area contributed by atoms with Crippen LogP contribution in [0.5, 0.6) is 0 Å². The minimum Gasteiger partial charge on any atom is -0.361 e. The first-order valence-corrected chi connectivity index (χ1v) is 7.13. The summed E-state index contributed by atoms with van der Waals surface area (Å²) in [5.74, 6) is 0. The van der Waals surface area contributed by atoms with Crippen LogP contribution < -0.4 is 10.7 Å². The maximum atomic E-state index is 5.10. The molecule has 0 spiro atoms. The molecule has 0 bridgehead atoms. The van der Waals surface area contributed by atoms with Gasteiger partial charge in [-0.1, -0.05) is 6.92 Å². The highest BCUT2D eigenvalue weighted by Gasteiger charge is 2.09. The van der Waals surface area contributed by atoms with E-state index >= 15 is 0 Å². The Bertz CT molecular complexity index is 460. The molecule has 0 aromatic carbocycles. The Balaban J connectivity index is 2.67. The molecule has 1 aromatic rings. The lowest BCUT2D eigenvalue weighted by Crippen LogP contribution is -2.32. The normalized spacial score (nSPS) is 11.3. The van der Waals surface area contributed by atoms with Crippen LogP contribution in [-0.2, 0) is 0 Å². The first-order chi connectivity index (χ1) is 8.97. The molecule has 4 nitrogen and oxygen atoms in total. The average molecular weight is 280 g/mol. The molecule has 0 amide bonds. The molecule has 19 heavy (non-hydrogen) atoms. The Morgan fingerprint density at radius 1 is 1.47 bits per heavy atom. The van der Waals surface area contributed by atoms with Crippen LogP contribution in [0.25, 0.3) is 0 Å². The smallest absolute Gasteiger partial charge is 0.186 e. The van der Waals surface area contributed by atoms with Crippen molar-refractivity contribution in [3.05, 3.63) is 23.0 Å². The van der Waals surface area contributed by atoms with E-state index in [-0.39, 0.29) is 0 Å². The summed E-state index contributed by atoms with van der Waals surface area (Å²) in [7, 11) is 0. The van der Waals surface area contributed by atoms with Gasteiger partial charge in [-0.2, -0.15) is 5.10 Å². The lowest BCUT2D eigenvalue weighted by molar-refractivity contribution is 0.574. The second-order valence-corrected chi connectivity index (χ2v) is 5.32.